The number of nitrogens with two attached hydrogens (primary N) is 1. The van der Waals surface area contributed by atoms with E-state index in [1.54, 1.807) is 11.7 Å². The van der Waals surface area contributed by atoms with Crippen LogP contribution in [0.4, 0.5) is 11.9 Å². The van der Waals surface area contributed by atoms with Gasteiger partial charge in [-0.1, -0.05) is 18.1 Å². The number of terminal acetylenes is 1. The van der Waals surface area contributed by atoms with Gasteiger partial charge < -0.3 is 21.1 Å². The first-order valence-electron chi connectivity index (χ1n) is 7.45. The van der Waals surface area contributed by atoms with Crippen LogP contribution in [0, 0.1) is 12.3 Å². The molecule has 1 aromatic carbocycles. The lowest BCUT2D eigenvalue weighted by Gasteiger charge is -2.09. The summed E-state index contributed by atoms with van der Waals surface area (Å²) >= 11 is 0. The summed E-state index contributed by atoms with van der Waals surface area (Å²) in [5.74, 6) is 4.33. The Morgan fingerprint density at radius 3 is 3.04 bits per heavy atom. The van der Waals surface area contributed by atoms with Gasteiger partial charge in [-0.05, 0) is 24.1 Å². The van der Waals surface area contributed by atoms with Crippen molar-refractivity contribution in [3.05, 3.63) is 29.8 Å². The van der Waals surface area contributed by atoms with Crippen LogP contribution in [0.2, 0.25) is 0 Å². The standard InChI is InChI=1S/C16H22N6O/c1-3-8-18-12-13-6-4-7-14(11-13)23-10-5-9-19-16-20-15(17)21-22(16)2/h1,4,6-7,11,18H,5,8-10,12H2,2H3,(H3,17,19,20,21). The SMILES string of the molecule is C#CCNCc1cccc(OCCCNc2nc(N)nn2C)c1. The Morgan fingerprint density at radius 1 is 1.43 bits per heavy atom. The van der Waals surface area contributed by atoms with Gasteiger partial charge in [0.25, 0.3) is 0 Å². The van der Waals surface area contributed by atoms with Crippen molar-refractivity contribution in [2.75, 3.05) is 30.7 Å². The fourth-order valence-electron chi connectivity index (χ4n) is 2.04. The highest BCUT2D eigenvalue weighted by Crippen LogP contribution is 2.13. The monoisotopic (exact) mass is 314 g/mol. The molecular formula is C16H22N6O. The van der Waals surface area contributed by atoms with E-state index in [4.69, 9.17) is 16.9 Å². The maximum absolute atomic E-state index is 5.75. The largest absolute Gasteiger partial charge is 0.494 e. The van der Waals surface area contributed by atoms with Gasteiger partial charge in [-0.15, -0.1) is 11.5 Å². The molecule has 0 atom stereocenters. The number of nitrogen functional groups attached to an aromatic ring is 1. The lowest BCUT2D eigenvalue weighted by atomic mass is 10.2. The zero-order valence-electron chi connectivity index (χ0n) is 13.2. The Bertz CT molecular complexity index is 661. The third-order valence-electron chi connectivity index (χ3n) is 3.11. The summed E-state index contributed by atoms with van der Waals surface area (Å²) < 4.78 is 7.36. The van der Waals surface area contributed by atoms with Crippen LogP contribution in [0.15, 0.2) is 24.3 Å². The summed E-state index contributed by atoms with van der Waals surface area (Å²) in [7, 11) is 1.79. The van der Waals surface area contributed by atoms with Crippen molar-refractivity contribution in [1.29, 1.82) is 0 Å². The van der Waals surface area contributed by atoms with E-state index in [0.717, 1.165) is 30.8 Å². The number of hydrogen-bond donors (Lipinski definition) is 3. The van der Waals surface area contributed by atoms with Crippen LogP contribution in [0.25, 0.3) is 0 Å². The Kier molecular flexibility index (Phi) is 6.27. The smallest absolute Gasteiger partial charge is 0.241 e. The predicted octanol–water partition coefficient (Wildman–Crippen LogP) is 1.00. The van der Waals surface area contributed by atoms with Gasteiger partial charge in [0.1, 0.15) is 5.75 Å². The van der Waals surface area contributed by atoms with E-state index in [2.05, 4.69) is 26.6 Å². The van der Waals surface area contributed by atoms with Crippen LogP contribution in [-0.4, -0.2) is 34.5 Å². The normalized spacial score (nSPS) is 10.3. The van der Waals surface area contributed by atoms with E-state index in [0.29, 0.717) is 19.1 Å². The maximum atomic E-state index is 5.75. The van der Waals surface area contributed by atoms with Crippen molar-refractivity contribution in [2.24, 2.45) is 7.05 Å². The molecule has 0 bridgehead atoms. The lowest BCUT2D eigenvalue weighted by molar-refractivity contribution is 0.314. The van der Waals surface area contributed by atoms with Gasteiger partial charge >= 0.3 is 0 Å². The Balaban J connectivity index is 1.69. The van der Waals surface area contributed by atoms with E-state index in [-0.39, 0.29) is 5.95 Å². The first-order chi connectivity index (χ1) is 11.2. The molecule has 0 spiro atoms. The molecule has 122 valence electrons. The van der Waals surface area contributed by atoms with Crippen LogP contribution in [0.5, 0.6) is 5.75 Å². The Labute approximate surface area is 136 Å². The highest BCUT2D eigenvalue weighted by Gasteiger charge is 2.03. The lowest BCUT2D eigenvalue weighted by Crippen LogP contribution is -2.13. The molecule has 23 heavy (non-hydrogen) atoms. The second-order valence-corrected chi connectivity index (χ2v) is 5.00. The van der Waals surface area contributed by atoms with Gasteiger partial charge in [-0.25, -0.2) is 4.68 Å². The molecule has 0 aliphatic rings. The fourth-order valence-corrected chi connectivity index (χ4v) is 2.04. The number of anilines is 2. The molecule has 0 unspecified atom stereocenters. The Morgan fingerprint density at radius 2 is 2.30 bits per heavy atom. The number of aryl methyl sites for hydroxylation is 1. The van der Waals surface area contributed by atoms with Gasteiger partial charge in [-0.3, -0.25) is 0 Å². The number of hydrogen-bond acceptors (Lipinski definition) is 6. The van der Waals surface area contributed by atoms with Crippen molar-refractivity contribution < 1.29 is 4.74 Å². The highest BCUT2D eigenvalue weighted by atomic mass is 16.5. The summed E-state index contributed by atoms with van der Waals surface area (Å²) in [6.07, 6.45) is 6.05. The summed E-state index contributed by atoms with van der Waals surface area (Å²) in [6.45, 7) is 2.64. The van der Waals surface area contributed by atoms with Gasteiger partial charge in [0, 0.05) is 20.1 Å². The number of nitrogens with zero attached hydrogens (tertiary/aromatic N) is 3. The Hall–Kier alpha value is -2.72. The van der Waals surface area contributed by atoms with Crippen LogP contribution in [0.1, 0.15) is 12.0 Å². The molecule has 0 saturated carbocycles. The minimum absolute atomic E-state index is 0.265. The molecule has 1 aromatic heterocycles. The van der Waals surface area contributed by atoms with Crippen LogP contribution < -0.4 is 21.1 Å². The van der Waals surface area contributed by atoms with Crippen molar-refractivity contribution in [2.45, 2.75) is 13.0 Å². The molecule has 7 heteroatoms. The minimum Gasteiger partial charge on any atom is -0.494 e. The van der Waals surface area contributed by atoms with Crippen LogP contribution >= 0.6 is 0 Å². The van der Waals surface area contributed by atoms with Crippen molar-refractivity contribution in [1.82, 2.24) is 20.1 Å². The first-order valence-corrected chi connectivity index (χ1v) is 7.45. The van der Waals surface area contributed by atoms with E-state index in [9.17, 15) is 0 Å². The molecular weight excluding hydrogens is 292 g/mol. The molecule has 2 rings (SSSR count). The highest BCUT2D eigenvalue weighted by molar-refractivity contribution is 5.31. The number of ether oxygens (including phenoxy) is 1. The van der Waals surface area contributed by atoms with E-state index in [1.165, 1.54) is 0 Å². The summed E-state index contributed by atoms with van der Waals surface area (Å²) in [4.78, 5) is 4.07. The van der Waals surface area contributed by atoms with Gasteiger partial charge in [0.05, 0.1) is 13.2 Å². The predicted molar refractivity (Wildman–Crippen MR) is 91.0 cm³/mol. The molecule has 0 aliphatic heterocycles. The third kappa shape index (κ3) is 5.52. The average molecular weight is 314 g/mol. The van der Waals surface area contributed by atoms with Crippen LogP contribution in [0.3, 0.4) is 0 Å². The second-order valence-electron chi connectivity index (χ2n) is 5.00. The fraction of sp³-hybridized carbons (Fsp3) is 0.375. The molecule has 0 saturated heterocycles. The number of benzene rings is 1. The topological polar surface area (TPSA) is 90.0 Å². The van der Waals surface area contributed by atoms with Crippen LogP contribution in [-0.2, 0) is 13.6 Å². The zero-order valence-corrected chi connectivity index (χ0v) is 13.2. The van der Waals surface area contributed by atoms with Gasteiger partial charge in [0.2, 0.25) is 11.9 Å². The summed E-state index contributed by atoms with van der Waals surface area (Å²) in [5, 5.41) is 10.3. The molecule has 1 heterocycles. The average Bonchev–Trinajstić information content (AvgIpc) is 2.85. The second kappa shape index (κ2) is 8.66. The zero-order chi connectivity index (χ0) is 16.5. The molecule has 4 N–H and O–H groups in total. The summed E-state index contributed by atoms with van der Waals surface area (Å²) in [5.41, 5.74) is 6.66. The van der Waals surface area contributed by atoms with E-state index >= 15 is 0 Å². The van der Waals surface area contributed by atoms with Crippen molar-refractivity contribution in [3.8, 4) is 18.1 Å². The first kappa shape index (κ1) is 16.6. The third-order valence-corrected chi connectivity index (χ3v) is 3.11. The quantitative estimate of drug-likeness (QED) is 0.472. The molecule has 0 fully saturated rings. The number of nitrogens with one attached hydrogen (secondary N) is 2. The summed E-state index contributed by atoms with van der Waals surface area (Å²) in [6, 6.07) is 7.97. The molecule has 0 amide bonds. The van der Waals surface area contributed by atoms with Crippen molar-refractivity contribution in [3.63, 3.8) is 0 Å². The number of aromatic nitrogens is 3. The van der Waals surface area contributed by atoms with Crippen molar-refractivity contribution >= 4 is 11.9 Å². The number of rotatable bonds is 9. The maximum Gasteiger partial charge on any atom is 0.241 e. The molecule has 7 nitrogen and oxygen atoms in total. The van der Waals surface area contributed by atoms with Gasteiger partial charge in [-0.2, -0.15) is 4.98 Å². The molecule has 0 aliphatic carbocycles. The minimum atomic E-state index is 0.265. The molecule has 2 aromatic rings. The van der Waals surface area contributed by atoms with E-state index in [1.807, 2.05) is 24.3 Å². The van der Waals surface area contributed by atoms with Gasteiger partial charge in [0.15, 0.2) is 0 Å². The molecule has 0 radical (unpaired) electrons. The van der Waals surface area contributed by atoms with E-state index < -0.39 is 0 Å².